The quantitative estimate of drug-likeness (QED) is 0.563. The molecule has 1 fully saturated rings. The lowest BCUT2D eigenvalue weighted by Gasteiger charge is -2.32. The van der Waals surface area contributed by atoms with Gasteiger partial charge < -0.3 is 0 Å². The number of imide groups is 2. The van der Waals surface area contributed by atoms with Crippen molar-refractivity contribution in [1.29, 1.82) is 0 Å². The van der Waals surface area contributed by atoms with Crippen molar-refractivity contribution < 1.29 is 14.4 Å². The van der Waals surface area contributed by atoms with Crippen LogP contribution in [0.25, 0.3) is 0 Å². The van der Waals surface area contributed by atoms with Crippen LogP contribution in [0.3, 0.4) is 0 Å². The van der Waals surface area contributed by atoms with Crippen LogP contribution < -0.4 is 10.6 Å². The molecule has 5 nitrogen and oxygen atoms in total. The molecule has 5 heteroatoms. The molecule has 0 bridgehead atoms. The summed E-state index contributed by atoms with van der Waals surface area (Å²) in [4.78, 5) is 34.8. The zero-order valence-corrected chi connectivity index (χ0v) is 10.2. The van der Waals surface area contributed by atoms with Crippen LogP contribution >= 0.6 is 0 Å². The fraction of sp³-hybridized carbons (Fsp3) is 0.583. The lowest BCUT2D eigenvalue weighted by atomic mass is 9.77. The van der Waals surface area contributed by atoms with Gasteiger partial charge >= 0.3 is 6.03 Å². The van der Waals surface area contributed by atoms with E-state index in [1.807, 2.05) is 26.0 Å². The molecule has 1 aliphatic rings. The highest BCUT2D eigenvalue weighted by Crippen LogP contribution is 2.31. The van der Waals surface area contributed by atoms with E-state index in [1.165, 1.54) is 0 Å². The van der Waals surface area contributed by atoms with E-state index >= 15 is 0 Å². The number of rotatable bonds is 5. The standard InChI is InChI=1S/C12H18N2O3/c1-3-5-6-8-12(7-4-2)9(15)13-11(17)14-10(12)16/h5-6H,3-4,7-8H2,1-2H3,(H2,13,14,15,16,17). The maximum Gasteiger partial charge on any atom is 0.328 e. The number of amides is 4. The van der Waals surface area contributed by atoms with Crippen LogP contribution in [-0.4, -0.2) is 17.8 Å². The van der Waals surface area contributed by atoms with Gasteiger partial charge in [0.25, 0.3) is 0 Å². The summed E-state index contributed by atoms with van der Waals surface area (Å²) in [5.74, 6) is -0.984. The van der Waals surface area contributed by atoms with Gasteiger partial charge in [-0.3, -0.25) is 20.2 Å². The number of carbonyl (C=O) groups excluding carboxylic acids is 3. The highest BCUT2D eigenvalue weighted by molar-refractivity contribution is 6.19. The summed E-state index contributed by atoms with van der Waals surface area (Å²) in [6, 6.07) is -0.730. The molecule has 0 aliphatic carbocycles. The van der Waals surface area contributed by atoms with Crippen LogP contribution in [-0.2, 0) is 9.59 Å². The van der Waals surface area contributed by atoms with E-state index in [0.29, 0.717) is 19.3 Å². The molecular formula is C12H18N2O3. The summed E-state index contributed by atoms with van der Waals surface area (Å²) in [6.07, 6.45) is 6.06. The molecule has 0 unspecified atom stereocenters. The topological polar surface area (TPSA) is 75.3 Å². The second-order valence-corrected chi connectivity index (χ2v) is 4.15. The smallest absolute Gasteiger partial charge is 0.277 e. The summed E-state index contributed by atoms with van der Waals surface area (Å²) >= 11 is 0. The Bertz CT molecular complexity index is 341. The van der Waals surface area contributed by atoms with Crippen LogP contribution in [0.2, 0.25) is 0 Å². The van der Waals surface area contributed by atoms with Gasteiger partial charge in [0.15, 0.2) is 0 Å². The maximum absolute atomic E-state index is 11.9. The molecule has 1 saturated heterocycles. The van der Waals surface area contributed by atoms with Crippen LogP contribution in [0.15, 0.2) is 12.2 Å². The molecular weight excluding hydrogens is 220 g/mol. The van der Waals surface area contributed by atoms with E-state index in [2.05, 4.69) is 10.6 Å². The number of hydrogen-bond donors (Lipinski definition) is 2. The summed E-state index contributed by atoms with van der Waals surface area (Å²) < 4.78 is 0. The minimum atomic E-state index is -1.13. The Kier molecular flexibility index (Phi) is 4.43. The molecule has 0 spiro atoms. The predicted molar refractivity (Wildman–Crippen MR) is 63.1 cm³/mol. The Balaban J connectivity index is 2.95. The number of barbiturate groups is 1. The number of urea groups is 1. The van der Waals surface area contributed by atoms with Crippen molar-refractivity contribution in [1.82, 2.24) is 10.6 Å². The minimum absolute atomic E-state index is 0.333. The molecule has 17 heavy (non-hydrogen) atoms. The SMILES string of the molecule is CCC=CCC1(CCC)C(=O)NC(=O)NC1=O. The molecule has 94 valence electrons. The first-order valence-electron chi connectivity index (χ1n) is 5.88. The zero-order valence-electron chi connectivity index (χ0n) is 10.2. The molecule has 1 aliphatic heterocycles. The third-order valence-electron chi connectivity index (χ3n) is 2.87. The molecule has 1 rings (SSSR count). The summed E-state index contributed by atoms with van der Waals surface area (Å²) in [5, 5.41) is 4.34. The number of carbonyl (C=O) groups is 3. The van der Waals surface area contributed by atoms with Gasteiger partial charge in [-0.15, -0.1) is 0 Å². The molecule has 0 atom stereocenters. The molecule has 0 radical (unpaired) electrons. The molecule has 2 N–H and O–H groups in total. The Morgan fingerprint density at radius 3 is 2.12 bits per heavy atom. The van der Waals surface area contributed by atoms with Gasteiger partial charge in [0, 0.05) is 0 Å². The molecule has 4 amide bonds. The predicted octanol–water partition coefficient (Wildman–Crippen LogP) is 1.50. The van der Waals surface area contributed by atoms with Crippen molar-refractivity contribution in [2.24, 2.45) is 5.41 Å². The maximum atomic E-state index is 11.9. The van der Waals surface area contributed by atoms with Gasteiger partial charge in [0.1, 0.15) is 5.41 Å². The Morgan fingerprint density at radius 2 is 1.65 bits per heavy atom. The first kappa shape index (κ1) is 13.4. The van der Waals surface area contributed by atoms with Crippen LogP contribution in [0.5, 0.6) is 0 Å². The minimum Gasteiger partial charge on any atom is -0.277 e. The third-order valence-corrected chi connectivity index (χ3v) is 2.87. The van der Waals surface area contributed by atoms with Gasteiger partial charge in [0.05, 0.1) is 0 Å². The Morgan fingerprint density at radius 1 is 1.06 bits per heavy atom. The molecule has 0 aromatic heterocycles. The van der Waals surface area contributed by atoms with Crippen LogP contribution in [0.4, 0.5) is 4.79 Å². The molecule has 0 saturated carbocycles. The number of allylic oxidation sites excluding steroid dienone is 2. The summed E-state index contributed by atoms with van der Waals surface area (Å²) in [6.45, 7) is 3.88. The van der Waals surface area contributed by atoms with Crippen molar-refractivity contribution in [2.75, 3.05) is 0 Å². The number of hydrogen-bond acceptors (Lipinski definition) is 3. The van der Waals surface area contributed by atoms with E-state index in [9.17, 15) is 14.4 Å². The van der Waals surface area contributed by atoms with Gasteiger partial charge in [0.2, 0.25) is 11.8 Å². The largest absolute Gasteiger partial charge is 0.328 e. The first-order chi connectivity index (χ1) is 8.06. The van der Waals surface area contributed by atoms with Gasteiger partial charge in [-0.25, -0.2) is 4.79 Å². The van der Waals surface area contributed by atoms with Crippen molar-refractivity contribution >= 4 is 17.8 Å². The zero-order chi connectivity index (χ0) is 12.9. The fourth-order valence-corrected chi connectivity index (χ4v) is 1.97. The lowest BCUT2D eigenvalue weighted by molar-refractivity contribution is -0.144. The van der Waals surface area contributed by atoms with E-state index in [-0.39, 0.29) is 0 Å². The summed E-state index contributed by atoms with van der Waals surface area (Å²) in [7, 11) is 0. The monoisotopic (exact) mass is 238 g/mol. The van der Waals surface area contributed by atoms with Gasteiger partial charge in [-0.2, -0.15) is 0 Å². The second-order valence-electron chi connectivity index (χ2n) is 4.15. The lowest BCUT2D eigenvalue weighted by Crippen LogP contribution is -2.62. The highest BCUT2D eigenvalue weighted by atomic mass is 16.2. The van der Waals surface area contributed by atoms with E-state index < -0.39 is 23.3 Å². The van der Waals surface area contributed by atoms with Crippen LogP contribution in [0, 0.1) is 5.41 Å². The van der Waals surface area contributed by atoms with E-state index in [1.54, 1.807) is 0 Å². The second kappa shape index (κ2) is 5.61. The Hall–Kier alpha value is -1.65. The third kappa shape index (κ3) is 2.72. The van der Waals surface area contributed by atoms with E-state index in [4.69, 9.17) is 0 Å². The normalized spacial score (nSPS) is 19.3. The average Bonchev–Trinajstić information content (AvgIpc) is 2.25. The van der Waals surface area contributed by atoms with Crippen molar-refractivity contribution in [2.45, 2.75) is 39.5 Å². The van der Waals surface area contributed by atoms with Gasteiger partial charge in [-0.1, -0.05) is 32.4 Å². The van der Waals surface area contributed by atoms with Crippen molar-refractivity contribution in [3.63, 3.8) is 0 Å². The molecule has 0 aromatic carbocycles. The fourth-order valence-electron chi connectivity index (χ4n) is 1.97. The molecule has 1 heterocycles. The van der Waals surface area contributed by atoms with Crippen LogP contribution in [0.1, 0.15) is 39.5 Å². The highest BCUT2D eigenvalue weighted by Gasteiger charge is 2.48. The van der Waals surface area contributed by atoms with Gasteiger partial charge in [-0.05, 0) is 19.3 Å². The average molecular weight is 238 g/mol. The Labute approximate surface area is 101 Å². The number of nitrogens with one attached hydrogen (secondary N) is 2. The van der Waals surface area contributed by atoms with Crippen molar-refractivity contribution in [3.05, 3.63) is 12.2 Å². The first-order valence-corrected chi connectivity index (χ1v) is 5.88. The summed E-state index contributed by atoms with van der Waals surface area (Å²) in [5.41, 5.74) is -1.13. The van der Waals surface area contributed by atoms with Crippen molar-refractivity contribution in [3.8, 4) is 0 Å². The van der Waals surface area contributed by atoms with E-state index in [0.717, 1.165) is 6.42 Å². The molecule has 0 aromatic rings.